The van der Waals surface area contributed by atoms with Gasteiger partial charge in [0, 0.05) is 23.4 Å². The van der Waals surface area contributed by atoms with E-state index in [4.69, 9.17) is 15.2 Å². The number of hydrogen-bond donors (Lipinski definition) is 2. The summed E-state index contributed by atoms with van der Waals surface area (Å²) in [5.41, 5.74) is 10.5. The summed E-state index contributed by atoms with van der Waals surface area (Å²) < 4.78 is 10.9. The molecule has 0 bridgehead atoms. The number of nitrogens with zero attached hydrogens (tertiary/aromatic N) is 1. The monoisotopic (exact) mass is 323 g/mol. The van der Waals surface area contributed by atoms with Gasteiger partial charge in [-0.3, -0.25) is 5.10 Å². The number of ether oxygens (including phenoxy) is 2. The summed E-state index contributed by atoms with van der Waals surface area (Å²) in [5, 5.41) is 7.43. The number of nitrogens with one attached hydrogen (secondary N) is 1. The third-order valence-corrected chi connectivity index (χ3v) is 3.68. The summed E-state index contributed by atoms with van der Waals surface area (Å²) in [4.78, 5) is 0. The van der Waals surface area contributed by atoms with Gasteiger partial charge in [-0.25, -0.2) is 0 Å². The molecule has 0 aliphatic heterocycles. The molecule has 5 nitrogen and oxygen atoms in total. The second-order valence-electron chi connectivity index (χ2n) is 5.32. The molecule has 0 atom stereocenters. The smallest absolute Gasteiger partial charge is 0.119 e. The average molecular weight is 323 g/mol. The third-order valence-electron chi connectivity index (χ3n) is 3.68. The van der Waals surface area contributed by atoms with Gasteiger partial charge in [-0.2, -0.15) is 5.10 Å². The average Bonchev–Trinajstić information content (AvgIpc) is 3.09. The van der Waals surface area contributed by atoms with E-state index in [1.54, 1.807) is 0 Å². The first-order valence-electron chi connectivity index (χ1n) is 7.99. The Hall–Kier alpha value is -2.79. The molecule has 0 amide bonds. The minimum Gasteiger partial charge on any atom is -0.491 e. The fraction of sp³-hybridized carbons (Fsp3) is 0.211. The van der Waals surface area contributed by atoms with Crippen molar-refractivity contribution in [3.8, 4) is 28.3 Å². The molecule has 0 saturated heterocycles. The Labute approximate surface area is 141 Å². The zero-order valence-electron chi connectivity index (χ0n) is 13.7. The van der Waals surface area contributed by atoms with E-state index in [0.29, 0.717) is 19.8 Å². The number of nitrogens with two attached hydrogens (primary N) is 1. The van der Waals surface area contributed by atoms with E-state index in [2.05, 4.69) is 10.2 Å². The highest BCUT2D eigenvalue weighted by Gasteiger charge is 2.08. The lowest BCUT2D eigenvalue weighted by molar-refractivity contribution is 0.110. The molecule has 0 aliphatic rings. The van der Waals surface area contributed by atoms with Gasteiger partial charge < -0.3 is 15.2 Å². The predicted octanol–water partition coefficient (Wildman–Crippen LogP) is 3.74. The Morgan fingerprint density at radius 3 is 2.58 bits per heavy atom. The number of aromatic amines is 1. The molecule has 3 aromatic rings. The van der Waals surface area contributed by atoms with Crippen LogP contribution in [0.3, 0.4) is 0 Å². The SMILES string of the molecule is CCOCCOc1ccc(-c2cc(-c3ccccc3N)[nH]n2)cc1. The topological polar surface area (TPSA) is 73.2 Å². The first-order chi connectivity index (χ1) is 11.8. The van der Waals surface area contributed by atoms with Crippen molar-refractivity contribution in [3.63, 3.8) is 0 Å². The molecular weight excluding hydrogens is 302 g/mol. The second-order valence-corrected chi connectivity index (χ2v) is 5.32. The van der Waals surface area contributed by atoms with Crippen molar-refractivity contribution in [2.45, 2.75) is 6.92 Å². The van der Waals surface area contributed by atoms with Crippen molar-refractivity contribution in [1.82, 2.24) is 10.2 Å². The number of aromatic nitrogens is 2. The van der Waals surface area contributed by atoms with Gasteiger partial charge in [-0.05, 0) is 43.3 Å². The van der Waals surface area contributed by atoms with Crippen LogP contribution in [0.2, 0.25) is 0 Å². The fourth-order valence-corrected chi connectivity index (χ4v) is 2.43. The van der Waals surface area contributed by atoms with Gasteiger partial charge in [-0.1, -0.05) is 18.2 Å². The molecule has 3 rings (SSSR count). The third kappa shape index (κ3) is 3.75. The van der Waals surface area contributed by atoms with Crippen LogP contribution in [0.4, 0.5) is 5.69 Å². The summed E-state index contributed by atoms with van der Waals surface area (Å²) in [6, 6.07) is 17.6. The number of rotatable bonds is 7. The quantitative estimate of drug-likeness (QED) is 0.513. The normalized spacial score (nSPS) is 10.7. The lowest BCUT2D eigenvalue weighted by atomic mass is 10.1. The molecule has 0 spiro atoms. The zero-order valence-corrected chi connectivity index (χ0v) is 13.7. The molecule has 2 aromatic carbocycles. The number of nitrogen functional groups attached to an aromatic ring is 1. The van der Waals surface area contributed by atoms with Crippen molar-refractivity contribution in [3.05, 3.63) is 54.6 Å². The lowest BCUT2D eigenvalue weighted by Crippen LogP contribution is -2.06. The van der Waals surface area contributed by atoms with Crippen molar-refractivity contribution < 1.29 is 9.47 Å². The molecule has 0 unspecified atom stereocenters. The zero-order chi connectivity index (χ0) is 16.8. The molecular formula is C19H21N3O2. The standard InChI is InChI=1S/C19H21N3O2/c1-2-23-11-12-24-15-9-7-14(8-10-15)18-13-19(22-21-18)16-5-3-4-6-17(16)20/h3-10,13H,2,11-12,20H2,1H3,(H,21,22). The van der Waals surface area contributed by atoms with Crippen LogP contribution in [-0.4, -0.2) is 30.0 Å². The fourth-order valence-electron chi connectivity index (χ4n) is 2.43. The summed E-state index contributed by atoms with van der Waals surface area (Å²) in [5.74, 6) is 0.821. The van der Waals surface area contributed by atoms with Crippen LogP contribution in [0.5, 0.6) is 5.75 Å². The van der Waals surface area contributed by atoms with Crippen molar-refractivity contribution in [2.24, 2.45) is 0 Å². The van der Waals surface area contributed by atoms with Gasteiger partial charge in [0.1, 0.15) is 12.4 Å². The van der Waals surface area contributed by atoms with Crippen molar-refractivity contribution in [1.29, 1.82) is 0 Å². The molecule has 5 heteroatoms. The number of para-hydroxylation sites is 1. The van der Waals surface area contributed by atoms with Gasteiger partial charge in [0.2, 0.25) is 0 Å². The molecule has 0 aliphatic carbocycles. The Bertz CT molecular complexity index is 781. The summed E-state index contributed by atoms with van der Waals surface area (Å²) in [6.07, 6.45) is 0. The molecule has 24 heavy (non-hydrogen) atoms. The maximum Gasteiger partial charge on any atom is 0.119 e. The van der Waals surface area contributed by atoms with Crippen LogP contribution in [-0.2, 0) is 4.74 Å². The molecule has 1 heterocycles. The van der Waals surface area contributed by atoms with Gasteiger partial charge in [0.15, 0.2) is 0 Å². The number of hydrogen-bond acceptors (Lipinski definition) is 4. The Balaban J connectivity index is 1.70. The Morgan fingerprint density at radius 2 is 1.83 bits per heavy atom. The first-order valence-corrected chi connectivity index (χ1v) is 7.99. The van der Waals surface area contributed by atoms with Gasteiger partial charge in [0.05, 0.1) is 18.0 Å². The van der Waals surface area contributed by atoms with Crippen LogP contribution in [0.1, 0.15) is 6.92 Å². The molecule has 0 fully saturated rings. The highest BCUT2D eigenvalue weighted by Crippen LogP contribution is 2.28. The van der Waals surface area contributed by atoms with E-state index in [-0.39, 0.29) is 0 Å². The van der Waals surface area contributed by atoms with Crippen molar-refractivity contribution >= 4 is 5.69 Å². The predicted molar refractivity (Wildman–Crippen MR) is 95.9 cm³/mol. The van der Waals surface area contributed by atoms with E-state index in [1.807, 2.05) is 61.5 Å². The number of H-pyrrole nitrogens is 1. The van der Waals surface area contributed by atoms with Crippen LogP contribution < -0.4 is 10.5 Å². The van der Waals surface area contributed by atoms with E-state index in [1.165, 1.54) is 0 Å². The highest BCUT2D eigenvalue weighted by atomic mass is 16.5. The van der Waals surface area contributed by atoms with E-state index in [9.17, 15) is 0 Å². The van der Waals surface area contributed by atoms with Gasteiger partial charge >= 0.3 is 0 Å². The van der Waals surface area contributed by atoms with Crippen LogP contribution in [0, 0.1) is 0 Å². The minimum atomic E-state index is 0.549. The first kappa shape index (κ1) is 16.1. The van der Waals surface area contributed by atoms with E-state index < -0.39 is 0 Å². The maximum absolute atomic E-state index is 6.01. The molecule has 3 N–H and O–H groups in total. The largest absolute Gasteiger partial charge is 0.491 e. The second kappa shape index (κ2) is 7.66. The molecule has 0 saturated carbocycles. The summed E-state index contributed by atoms with van der Waals surface area (Å²) >= 11 is 0. The Kier molecular flexibility index (Phi) is 5.13. The number of benzene rings is 2. The highest BCUT2D eigenvalue weighted by molar-refractivity contribution is 5.76. The summed E-state index contributed by atoms with van der Waals surface area (Å²) in [6.45, 7) is 3.82. The summed E-state index contributed by atoms with van der Waals surface area (Å²) in [7, 11) is 0. The molecule has 0 radical (unpaired) electrons. The van der Waals surface area contributed by atoms with Gasteiger partial charge in [0.25, 0.3) is 0 Å². The van der Waals surface area contributed by atoms with E-state index in [0.717, 1.165) is 34.0 Å². The lowest BCUT2D eigenvalue weighted by Gasteiger charge is -2.06. The van der Waals surface area contributed by atoms with E-state index >= 15 is 0 Å². The molecule has 1 aromatic heterocycles. The van der Waals surface area contributed by atoms with Crippen LogP contribution in [0.15, 0.2) is 54.6 Å². The molecule has 124 valence electrons. The minimum absolute atomic E-state index is 0.549. The maximum atomic E-state index is 6.01. The van der Waals surface area contributed by atoms with Crippen LogP contribution in [0.25, 0.3) is 22.5 Å². The Morgan fingerprint density at radius 1 is 1.04 bits per heavy atom. The van der Waals surface area contributed by atoms with Crippen molar-refractivity contribution in [2.75, 3.05) is 25.6 Å². The van der Waals surface area contributed by atoms with Crippen LogP contribution >= 0.6 is 0 Å². The van der Waals surface area contributed by atoms with Gasteiger partial charge in [-0.15, -0.1) is 0 Å². The number of anilines is 1.